The summed E-state index contributed by atoms with van der Waals surface area (Å²) in [5, 5.41) is 5.00. The molecule has 0 aliphatic rings. The number of fused-ring (bicyclic) bond motifs is 1. The Kier molecular flexibility index (Phi) is 3.93. The van der Waals surface area contributed by atoms with E-state index in [1.54, 1.807) is 23.9 Å². The lowest BCUT2D eigenvalue weighted by atomic mass is 10.1. The van der Waals surface area contributed by atoms with E-state index in [0.29, 0.717) is 16.9 Å². The Morgan fingerprint density at radius 1 is 1.33 bits per heavy atom. The summed E-state index contributed by atoms with van der Waals surface area (Å²) < 4.78 is 6.78. The Morgan fingerprint density at radius 2 is 2.00 bits per heavy atom. The van der Waals surface area contributed by atoms with Crippen LogP contribution in [-0.2, 0) is 9.53 Å². The molecule has 7 heteroatoms. The highest BCUT2D eigenvalue weighted by Gasteiger charge is 2.20. The maximum absolute atomic E-state index is 12.1. The van der Waals surface area contributed by atoms with Crippen molar-refractivity contribution >= 4 is 22.9 Å². The normalized spacial score (nSPS) is 12.6. The molecule has 2 rings (SSSR count). The average Bonchev–Trinajstić information content (AvgIpc) is 2.80. The Morgan fingerprint density at radius 3 is 2.57 bits per heavy atom. The highest BCUT2D eigenvalue weighted by atomic mass is 16.5. The second-order valence-electron chi connectivity index (χ2n) is 5.17. The van der Waals surface area contributed by atoms with Crippen LogP contribution in [0.1, 0.15) is 42.9 Å². The number of hydrogen-bond donors (Lipinski definition) is 1. The molecule has 1 atom stereocenters. The Balaban J connectivity index is 2.40. The van der Waals surface area contributed by atoms with Crippen LogP contribution in [0.5, 0.6) is 0 Å². The van der Waals surface area contributed by atoms with Crippen LogP contribution in [0.2, 0.25) is 0 Å². The molecule has 112 valence electrons. The molecule has 0 fully saturated rings. The van der Waals surface area contributed by atoms with Gasteiger partial charge in [0, 0.05) is 11.4 Å². The van der Waals surface area contributed by atoms with Crippen molar-refractivity contribution in [3.63, 3.8) is 0 Å². The number of carbonyl (C=O) groups is 2. The first-order valence-corrected chi connectivity index (χ1v) is 6.66. The Hall–Kier alpha value is -2.44. The van der Waals surface area contributed by atoms with Crippen LogP contribution < -0.4 is 5.73 Å². The van der Waals surface area contributed by atoms with Crippen LogP contribution in [0.3, 0.4) is 0 Å². The third-order valence-electron chi connectivity index (χ3n) is 3.15. The number of hydrogen-bond acceptors (Lipinski definition) is 5. The van der Waals surface area contributed by atoms with E-state index in [1.807, 2.05) is 13.8 Å². The number of esters is 1. The molecule has 0 aliphatic carbocycles. The van der Waals surface area contributed by atoms with E-state index in [9.17, 15) is 9.59 Å². The van der Waals surface area contributed by atoms with E-state index in [2.05, 4.69) is 10.1 Å². The van der Waals surface area contributed by atoms with E-state index in [0.717, 1.165) is 5.39 Å². The highest BCUT2D eigenvalue weighted by molar-refractivity contribution is 5.96. The van der Waals surface area contributed by atoms with Crippen LogP contribution in [0.4, 0.5) is 0 Å². The van der Waals surface area contributed by atoms with Gasteiger partial charge < -0.3 is 10.5 Å². The van der Waals surface area contributed by atoms with Gasteiger partial charge in [-0.1, -0.05) is 0 Å². The maximum atomic E-state index is 12.1. The van der Waals surface area contributed by atoms with Crippen LogP contribution in [0.25, 0.3) is 11.0 Å². The molecule has 0 radical (unpaired) electrons. The van der Waals surface area contributed by atoms with Gasteiger partial charge in [0.05, 0.1) is 17.5 Å². The number of ether oxygens (including phenoxy) is 1. The number of aryl methyl sites for hydroxylation is 1. The molecule has 7 nitrogen and oxygen atoms in total. The number of primary amides is 1. The van der Waals surface area contributed by atoms with Crippen LogP contribution in [0, 0.1) is 6.92 Å². The summed E-state index contributed by atoms with van der Waals surface area (Å²) in [6, 6.07) is 1.83. The highest BCUT2D eigenvalue weighted by Crippen LogP contribution is 2.20. The molecule has 0 bridgehead atoms. The molecule has 0 unspecified atom stereocenters. The van der Waals surface area contributed by atoms with Crippen molar-refractivity contribution in [3.05, 3.63) is 23.5 Å². The van der Waals surface area contributed by atoms with Crippen LogP contribution in [0.15, 0.2) is 12.3 Å². The molecule has 0 saturated carbocycles. The summed E-state index contributed by atoms with van der Waals surface area (Å²) in [7, 11) is 0. The molecule has 21 heavy (non-hydrogen) atoms. The van der Waals surface area contributed by atoms with Crippen LogP contribution >= 0.6 is 0 Å². The predicted octanol–water partition coefficient (Wildman–Crippen LogP) is 1.35. The molecule has 2 aromatic heterocycles. The van der Waals surface area contributed by atoms with Crippen molar-refractivity contribution in [3.8, 4) is 0 Å². The monoisotopic (exact) mass is 290 g/mol. The van der Waals surface area contributed by atoms with Gasteiger partial charge in [0.25, 0.3) is 5.91 Å². The molecule has 0 aliphatic heterocycles. The summed E-state index contributed by atoms with van der Waals surface area (Å²) in [6.45, 7) is 7.14. The van der Waals surface area contributed by atoms with Gasteiger partial charge >= 0.3 is 5.97 Å². The number of amides is 1. The SMILES string of the molecule is Cc1nc2c(cnn2C(C)C)cc1C(=O)O[C@@H](C)C(N)=O. The number of aromatic nitrogens is 3. The molecule has 2 aromatic rings. The van der Waals surface area contributed by atoms with Gasteiger partial charge in [0.2, 0.25) is 0 Å². The molecule has 1 amide bonds. The van der Waals surface area contributed by atoms with Gasteiger partial charge in [-0.05, 0) is 33.8 Å². The largest absolute Gasteiger partial charge is 0.449 e. The summed E-state index contributed by atoms with van der Waals surface area (Å²) in [6.07, 6.45) is 0.668. The quantitative estimate of drug-likeness (QED) is 0.857. The molecular formula is C14H18N4O3. The van der Waals surface area contributed by atoms with Crippen LogP contribution in [-0.4, -0.2) is 32.7 Å². The summed E-state index contributed by atoms with van der Waals surface area (Å²) in [4.78, 5) is 27.4. The fourth-order valence-corrected chi connectivity index (χ4v) is 1.93. The number of nitrogens with two attached hydrogens (primary N) is 1. The van der Waals surface area contributed by atoms with E-state index in [1.165, 1.54) is 6.92 Å². The second kappa shape index (κ2) is 5.51. The lowest BCUT2D eigenvalue weighted by molar-refractivity contribution is -0.125. The summed E-state index contributed by atoms with van der Waals surface area (Å²) >= 11 is 0. The first kappa shape index (κ1) is 15.0. The van der Waals surface area contributed by atoms with Gasteiger partial charge in [0.1, 0.15) is 0 Å². The van der Waals surface area contributed by atoms with Gasteiger partial charge in [-0.3, -0.25) is 4.79 Å². The summed E-state index contributed by atoms with van der Waals surface area (Å²) in [5.74, 6) is -1.31. The zero-order valence-corrected chi connectivity index (χ0v) is 12.5. The minimum atomic E-state index is -0.981. The zero-order chi connectivity index (χ0) is 15.7. The third kappa shape index (κ3) is 2.86. The van der Waals surface area contributed by atoms with Gasteiger partial charge in [-0.2, -0.15) is 5.10 Å². The Bertz CT molecular complexity index is 706. The number of carbonyl (C=O) groups excluding carboxylic acids is 2. The fourth-order valence-electron chi connectivity index (χ4n) is 1.93. The topological polar surface area (TPSA) is 100 Å². The molecule has 0 saturated heterocycles. The van der Waals surface area contributed by atoms with E-state index < -0.39 is 18.0 Å². The molecule has 0 spiro atoms. The van der Waals surface area contributed by atoms with Crippen molar-refractivity contribution in [2.75, 3.05) is 0 Å². The predicted molar refractivity (Wildman–Crippen MR) is 76.7 cm³/mol. The number of pyridine rings is 1. The van der Waals surface area contributed by atoms with Crippen molar-refractivity contribution in [1.82, 2.24) is 14.8 Å². The van der Waals surface area contributed by atoms with Crippen molar-refractivity contribution < 1.29 is 14.3 Å². The van der Waals surface area contributed by atoms with Gasteiger partial charge in [0.15, 0.2) is 11.8 Å². The van der Waals surface area contributed by atoms with Crippen molar-refractivity contribution in [2.45, 2.75) is 39.8 Å². The maximum Gasteiger partial charge on any atom is 0.340 e. The van der Waals surface area contributed by atoms with Crippen molar-refractivity contribution in [1.29, 1.82) is 0 Å². The van der Waals surface area contributed by atoms with E-state index in [4.69, 9.17) is 10.5 Å². The lowest BCUT2D eigenvalue weighted by Gasteiger charge is -2.11. The second-order valence-corrected chi connectivity index (χ2v) is 5.17. The van der Waals surface area contributed by atoms with Gasteiger partial charge in [-0.15, -0.1) is 0 Å². The van der Waals surface area contributed by atoms with Crippen molar-refractivity contribution in [2.24, 2.45) is 5.73 Å². The summed E-state index contributed by atoms with van der Waals surface area (Å²) in [5.41, 5.74) is 6.62. The fraction of sp³-hybridized carbons (Fsp3) is 0.429. The first-order valence-electron chi connectivity index (χ1n) is 6.66. The smallest absolute Gasteiger partial charge is 0.340 e. The molecule has 0 aromatic carbocycles. The number of rotatable bonds is 4. The standard InChI is InChI=1S/C14H18N4O3/c1-7(2)18-13-10(6-16-18)5-11(8(3)17-13)14(20)21-9(4)12(15)19/h5-7,9H,1-4H3,(H2,15,19)/t9-/m0/s1. The minimum Gasteiger partial charge on any atom is -0.449 e. The molecule has 2 heterocycles. The molecule has 2 N–H and O–H groups in total. The van der Waals surface area contributed by atoms with E-state index in [-0.39, 0.29) is 6.04 Å². The third-order valence-corrected chi connectivity index (χ3v) is 3.15. The first-order chi connectivity index (χ1) is 9.81. The number of nitrogens with zero attached hydrogens (tertiary/aromatic N) is 3. The zero-order valence-electron chi connectivity index (χ0n) is 12.5. The Labute approximate surface area is 122 Å². The lowest BCUT2D eigenvalue weighted by Crippen LogP contribution is -2.30. The molecular weight excluding hydrogens is 272 g/mol. The van der Waals surface area contributed by atoms with E-state index >= 15 is 0 Å². The van der Waals surface area contributed by atoms with Gasteiger partial charge in [-0.25, -0.2) is 14.5 Å². The minimum absolute atomic E-state index is 0.169. The average molecular weight is 290 g/mol.